The third kappa shape index (κ3) is 3.48. The second-order valence-electron chi connectivity index (χ2n) is 5.84. The highest BCUT2D eigenvalue weighted by molar-refractivity contribution is 7.89. The van der Waals surface area contributed by atoms with Crippen molar-refractivity contribution >= 4 is 42.6 Å². The van der Waals surface area contributed by atoms with Gasteiger partial charge in [0, 0.05) is 19.2 Å². The second kappa shape index (κ2) is 7.14. The van der Waals surface area contributed by atoms with Gasteiger partial charge in [-0.05, 0) is 36.8 Å². The summed E-state index contributed by atoms with van der Waals surface area (Å²) in [5.41, 5.74) is 2.11. The number of benzene rings is 2. The maximum Gasteiger partial charge on any atom is 0.257 e. The molecule has 0 fully saturated rings. The molecule has 8 heteroatoms. The van der Waals surface area contributed by atoms with Gasteiger partial charge in [0.2, 0.25) is 10.0 Å². The fourth-order valence-electron chi connectivity index (χ4n) is 2.46. The van der Waals surface area contributed by atoms with E-state index in [2.05, 4.69) is 10.3 Å². The lowest BCUT2D eigenvalue weighted by atomic mass is 10.1. The van der Waals surface area contributed by atoms with Gasteiger partial charge in [-0.3, -0.25) is 10.1 Å². The highest BCUT2D eigenvalue weighted by atomic mass is 32.2. The van der Waals surface area contributed by atoms with Gasteiger partial charge in [0.05, 0.1) is 15.1 Å². The number of hydrogen-bond acceptors (Lipinski definition) is 5. The number of fused-ring (bicyclic) bond motifs is 1. The van der Waals surface area contributed by atoms with Gasteiger partial charge in [-0.15, -0.1) is 0 Å². The van der Waals surface area contributed by atoms with Crippen LogP contribution in [0.2, 0.25) is 0 Å². The van der Waals surface area contributed by atoms with E-state index in [1.807, 2.05) is 25.1 Å². The molecule has 0 unspecified atom stereocenters. The quantitative estimate of drug-likeness (QED) is 0.724. The van der Waals surface area contributed by atoms with Crippen molar-refractivity contribution in [3.63, 3.8) is 0 Å². The number of amides is 1. The number of nitrogens with zero attached hydrogens (tertiary/aromatic N) is 2. The molecule has 136 valence electrons. The zero-order valence-corrected chi connectivity index (χ0v) is 16.3. The van der Waals surface area contributed by atoms with Crippen LogP contribution in [0, 0.1) is 6.92 Å². The van der Waals surface area contributed by atoms with Crippen molar-refractivity contribution in [1.29, 1.82) is 0 Å². The Morgan fingerprint density at radius 2 is 1.96 bits per heavy atom. The third-order valence-corrected chi connectivity index (χ3v) is 6.99. The molecule has 2 aromatic carbocycles. The molecule has 0 aliphatic rings. The molecule has 1 N–H and O–H groups in total. The summed E-state index contributed by atoms with van der Waals surface area (Å²) in [5, 5.41) is 3.23. The molecule has 0 aliphatic heterocycles. The smallest absolute Gasteiger partial charge is 0.257 e. The first-order valence-electron chi connectivity index (χ1n) is 8.07. The number of carbonyl (C=O) groups is 1. The average molecular weight is 390 g/mol. The van der Waals surface area contributed by atoms with Crippen LogP contribution < -0.4 is 5.32 Å². The molecule has 0 spiro atoms. The van der Waals surface area contributed by atoms with Crippen LogP contribution in [0.5, 0.6) is 0 Å². The van der Waals surface area contributed by atoms with E-state index in [1.165, 1.54) is 21.7 Å². The van der Waals surface area contributed by atoms with E-state index in [1.54, 1.807) is 32.2 Å². The minimum Gasteiger partial charge on any atom is -0.298 e. The normalized spacial score (nSPS) is 11.8. The summed E-state index contributed by atoms with van der Waals surface area (Å²) >= 11 is 1.25. The molecule has 26 heavy (non-hydrogen) atoms. The fourth-order valence-corrected chi connectivity index (χ4v) is 4.64. The predicted octanol–water partition coefficient (Wildman–Crippen LogP) is 3.50. The highest BCUT2D eigenvalue weighted by Gasteiger charge is 2.20. The lowest BCUT2D eigenvalue weighted by Gasteiger charge is -2.14. The molecule has 0 radical (unpaired) electrons. The first kappa shape index (κ1) is 18.5. The summed E-state index contributed by atoms with van der Waals surface area (Å²) in [4.78, 5) is 17.0. The molecule has 3 rings (SSSR count). The van der Waals surface area contributed by atoms with Crippen LogP contribution in [0.15, 0.2) is 47.4 Å². The molecule has 1 amide bonds. The summed E-state index contributed by atoms with van der Waals surface area (Å²) in [5.74, 6) is -0.235. The number of thiazole rings is 1. The van der Waals surface area contributed by atoms with E-state index in [4.69, 9.17) is 0 Å². The van der Waals surface area contributed by atoms with E-state index in [0.29, 0.717) is 27.5 Å². The Labute approximate surface area is 156 Å². The zero-order chi connectivity index (χ0) is 18.9. The van der Waals surface area contributed by atoms with E-state index in [9.17, 15) is 13.2 Å². The van der Waals surface area contributed by atoms with Gasteiger partial charge in [-0.2, -0.15) is 0 Å². The first-order valence-corrected chi connectivity index (χ1v) is 10.3. The van der Waals surface area contributed by atoms with Crippen molar-refractivity contribution < 1.29 is 13.2 Å². The van der Waals surface area contributed by atoms with Crippen LogP contribution in [0.3, 0.4) is 0 Å². The molecular formula is C18H19N3O3S2. The van der Waals surface area contributed by atoms with Crippen molar-refractivity contribution in [1.82, 2.24) is 9.29 Å². The standard InChI is InChI=1S/C18H19N3O3S2/c1-4-21(3)26(23,24)13-9-10-15-16(11-13)25-18(19-15)20-17(22)14-8-6-5-7-12(14)2/h5-11H,4H2,1-3H3,(H,19,20,22). The number of hydrogen-bond donors (Lipinski definition) is 1. The minimum atomic E-state index is -3.52. The Kier molecular flexibility index (Phi) is 5.08. The molecule has 0 bridgehead atoms. The van der Waals surface area contributed by atoms with Gasteiger partial charge in [-0.1, -0.05) is 36.5 Å². The SMILES string of the molecule is CCN(C)S(=O)(=O)c1ccc2nc(NC(=O)c3ccccc3C)sc2c1. The van der Waals surface area contributed by atoms with Crippen LogP contribution in [0.25, 0.3) is 10.2 Å². The molecule has 1 aromatic heterocycles. The zero-order valence-electron chi connectivity index (χ0n) is 14.7. The van der Waals surface area contributed by atoms with Crippen molar-refractivity contribution in [3.05, 3.63) is 53.6 Å². The monoisotopic (exact) mass is 389 g/mol. The Bertz CT molecular complexity index is 1070. The number of carbonyl (C=O) groups excluding carboxylic acids is 1. The molecule has 0 saturated heterocycles. The van der Waals surface area contributed by atoms with E-state index >= 15 is 0 Å². The number of sulfonamides is 1. The van der Waals surface area contributed by atoms with Gasteiger partial charge in [0.15, 0.2) is 5.13 Å². The predicted molar refractivity (Wildman–Crippen MR) is 104 cm³/mol. The van der Waals surface area contributed by atoms with Gasteiger partial charge in [-0.25, -0.2) is 17.7 Å². The van der Waals surface area contributed by atoms with Crippen LogP contribution in [-0.2, 0) is 10.0 Å². The van der Waals surface area contributed by atoms with Gasteiger partial charge in [0.25, 0.3) is 5.91 Å². The number of rotatable bonds is 5. The molecule has 1 heterocycles. The summed E-state index contributed by atoms with van der Waals surface area (Å²) in [6.07, 6.45) is 0. The van der Waals surface area contributed by atoms with Crippen LogP contribution in [0.1, 0.15) is 22.8 Å². The number of aromatic nitrogens is 1. The molecule has 0 aliphatic carbocycles. The largest absolute Gasteiger partial charge is 0.298 e. The minimum absolute atomic E-state index is 0.217. The number of anilines is 1. The van der Waals surface area contributed by atoms with Gasteiger partial charge < -0.3 is 0 Å². The Balaban J connectivity index is 1.91. The van der Waals surface area contributed by atoms with Gasteiger partial charge in [0.1, 0.15) is 0 Å². The van der Waals surface area contributed by atoms with Crippen LogP contribution in [0.4, 0.5) is 5.13 Å². The average Bonchev–Trinajstić information content (AvgIpc) is 3.02. The van der Waals surface area contributed by atoms with Crippen molar-refractivity contribution in [2.45, 2.75) is 18.7 Å². The second-order valence-corrected chi connectivity index (χ2v) is 8.91. The Morgan fingerprint density at radius 1 is 1.23 bits per heavy atom. The Morgan fingerprint density at radius 3 is 2.65 bits per heavy atom. The number of aryl methyl sites for hydroxylation is 1. The molecule has 0 atom stereocenters. The number of nitrogens with one attached hydrogen (secondary N) is 1. The summed E-state index contributed by atoms with van der Waals surface area (Å²) in [6.45, 7) is 4.04. The molecule has 0 saturated carbocycles. The molecule has 3 aromatic rings. The third-order valence-electron chi connectivity index (χ3n) is 4.12. The van der Waals surface area contributed by atoms with E-state index in [-0.39, 0.29) is 10.8 Å². The van der Waals surface area contributed by atoms with Crippen molar-refractivity contribution in [3.8, 4) is 0 Å². The topological polar surface area (TPSA) is 79.4 Å². The lowest BCUT2D eigenvalue weighted by molar-refractivity contribution is 0.102. The Hall–Kier alpha value is -2.29. The molecular weight excluding hydrogens is 370 g/mol. The van der Waals surface area contributed by atoms with Crippen molar-refractivity contribution in [2.75, 3.05) is 18.9 Å². The van der Waals surface area contributed by atoms with Crippen molar-refractivity contribution in [2.24, 2.45) is 0 Å². The maximum atomic E-state index is 12.5. The summed E-state index contributed by atoms with van der Waals surface area (Å²) in [6, 6.07) is 12.1. The molecule has 6 nitrogen and oxygen atoms in total. The fraction of sp³-hybridized carbons (Fsp3) is 0.222. The van der Waals surface area contributed by atoms with Gasteiger partial charge >= 0.3 is 0 Å². The maximum absolute atomic E-state index is 12.5. The van der Waals surface area contributed by atoms with Crippen LogP contribution in [-0.4, -0.2) is 37.2 Å². The summed E-state index contributed by atoms with van der Waals surface area (Å²) in [7, 11) is -1.98. The highest BCUT2D eigenvalue weighted by Crippen LogP contribution is 2.29. The van der Waals surface area contributed by atoms with E-state index in [0.717, 1.165) is 5.56 Å². The summed E-state index contributed by atoms with van der Waals surface area (Å²) < 4.78 is 26.9. The lowest BCUT2D eigenvalue weighted by Crippen LogP contribution is -2.26. The van der Waals surface area contributed by atoms with E-state index < -0.39 is 10.0 Å². The van der Waals surface area contributed by atoms with Crippen LogP contribution >= 0.6 is 11.3 Å². The first-order chi connectivity index (χ1) is 12.3.